The Morgan fingerprint density at radius 3 is 2.38 bits per heavy atom. The van der Waals surface area contributed by atoms with Crippen molar-refractivity contribution in [3.63, 3.8) is 0 Å². The number of carbonyl (C=O) groups is 1. The van der Waals surface area contributed by atoms with E-state index in [0.29, 0.717) is 11.4 Å². The number of anilines is 1. The van der Waals surface area contributed by atoms with Crippen LogP contribution in [0.2, 0.25) is 0 Å². The molecule has 0 bridgehead atoms. The number of nitrogen functional groups attached to an aromatic ring is 1. The van der Waals surface area contributed by atoms with Crippen molar-refractivity contribution in [3.8, 4) is 0 Å². The molecular weight excluding hydrogens is 204 g/mol. The standard InChI is InChI=1S/C11H18N4O/c1-13-3-5-15(6-4-13)11(16)10-7-9(12)8-14(10)2/h7-8H,3-6,12H2,1-2H3. The first kappa shape index (κ1) is 11.0. The van der Waals surface area contributed by atoms with E-state index in [1.165, 1.54) is 0 Å². The minimum atomic E-state index is 0.0762. The highest BCUT2D eigenvalue weighted by molar-refractivity contribution is 5.93. The predicted molar refractivity (Wildman–Crippen MR) is 63.2 cm³/mol. The number of nitrogens with zero attached hydrogens (tertiary/aromatic N) is 3. The van der Waals surface area contributed by atoms with Crippen LogP contribution in [0.1, 0.15) is 10.5 Å². The predicted octanol–water partition coefficient (Wildman–Crippen LogP) is -0.00510. The first-order chi connectivity index (χ1) is 7.58. The summed E-state index contributed by atoms with van der Waals surface area (Å²) in [4.78, 5) is 16.3. The third-order valence-corrected chi connectivity index (χ3v) is 3.04. The number of aromatic nitrogens is 1. The highest BCUT2D eigenvalue weighted by Gasteiger charge is 2.22. The largest absolute Gasteiger partial charge is 0.397 e. The molecule has 16 heavy (non-hydrogen) atoms. The molecule has 5 nitrogen and oxygen atoms in total. The van der Waals surface area contributed by atoms with E-state index in [1.807, 2.05) is 11.9 Å². The van der Waals surface area contributed by atoms with Gasteiger partial charge in [0.2, 0.25) is 0 Å². The third-order valence-electron chi connectivity index (χ3n) is 3.04. The van der Waals surface area contributed by atoms with Gasteiger partial charge in [0.05, 0.1) is 5.69 Å². The highest BCUT2D eigenvalue weighted by Crippen LogP contribution is 2.12. The van der Waals surface area contributed by atoms with Crippen LogP contribution < -0.4 is 5.73 Å². The number of rotatable bonds is 1. The Morgan fingerprint density at radius 1 is 1.25 bits per heavy atom. The van der Waals surface area contributed by atoms with E-state index in [0.717, 1.165) is 26.2 Å². The average molecular weight is 222 g/mol. The molecule has 1 amide bonds. The Morgan fingerprint density at radius 2 is 1.88 bits per heavy atom. The molecule has 1 aromatic heterocycles. The quantitative estimate of drug-likeness (QED) is 0.727. The Labute approximate surface area is 95.4 Å². The molecule has 0 aliphatic carbocycles. The van der Waals surface area contributed by atoms with Crippen LogP contribution >= 0.6 is 0 Å². The fraction of sp³-hybridized carbons (Fsp3) is 0.545. The molecule has 1 saturated heterocycles. The Kier molecular flexibility index (Phi) is 2.87. The van der Waals surface area contributed by atoms with Gasteiger partial charge in [-0.1, -0.05) is 0 Å². The SMILES string of the molecule is CN1CCN(C(=O)c2cc(N)cn2C)CC1. The topological polar surface area (TPSA) is 54.5 Å². The zero-order valence-electron chi connectivity index (χ0n) is 9.81. The summed E-state index contributed by atoms with van der Waals surface area (Å²) in [6.45, 7) is 3.46. The lowest BCUT2D eigenvalue weighted by atomic mass is 10.3. The van der Waals surface area contributed by atoms with E-state index in [2.05, 4.69) is 11.9 Å². The summed E-state index contributed by atoms with van der Waals surface area (Å²) in [6.07, 6.45) is 1.77. The van der Waals surface area contributed by atoms with Crippen LogP contribution in [0.5, 0.6) is 0 Å². The Hall–Kier alpha value is -1.49. The van der Waals surface area contributed by atoms with Gasteiger partial charge in [-0.25, -0.2) is 0 Å². The Balaban J connectivity index is 2.10. The van der Waals surface area contributed by atoms with Gasteiger partial charge < -0.3 is 20.1 Å². The fourth-order valence-corrected chi connectivity index (χ4v) is 1.97. The molecule has 2 N–H and O–H groups in total. The second-order valence-electron chi connectivity index (χ2n) is 4.37. The van der Waals surface area contributed by atoms with Gasteiger partial charge in [0.1, 0.15) is 5.69 Å². The third kappa shape index (κ3) is 2.04. The first-order valence-electron chi connectivity index (χ1n) is 5.47. The number of aryl methyl sites for hydroxylation is 1. The van der Waals surface area contributed by atoms with Gasteiger partial charge in [-0.2, -0.15) is 0 Å². The van der Waals surface area contributed by atoms with Crippen LogP contribution in [-0.4, -0.2) is 53.5 Å². The van der Waals surface area contributed by atoms with E-state index >= 15 is 0 Å². The minimum absolute atomic E-state index is 0.0762. The van der Waals surface area contributed by atoms with E-state index in [9.17, 15) is 4.79 Å². The molecular formula is C11H18N4O. The Bertz CT molecular complexity index is 391. The molecule has 2 heterocycles. The second-order valence-corrected chi connectivity index (χ2v) is 4.37. The molecule has 1 aromatic rings. The van der Waals surface area contributed by atoms with E-state index in [4.69, 9.17) is 5.73 Å². The molecule has 1 aliphatic heterocycles. The molecule has 5 heteroatoms. The molecule has 88 valence electrons. The maximum atomic E-state index is 12.2. The van der Waals surface area contributed by atoms with E-state index in [-0.39, 0.29) is 5.91 Å². The van der Waals surface area contributed by atoms with Crippen LogP contribution in [0.15, 0.2) is 12.3 Å². The zero-order valence-corrected chi connectivity index (χ0v) is 9.81. The van der Waals surface area contributed by atoms with Crippen molar-refractivity contribution in [1.82, 2.24) is 14.4 Å². The average Bonchev–Trinajstić information content (AvgIpc) is 2.58. The summed E-state index contributed by atoms with van der Waals surface area (Å²) in [6, 6.07) is 1.74. The molecule has 0 saturated carbocycles. The summed E-state index contributed by atoms with van der Waals surface area (Å²) < 4.78 is 1.79. The summed E-state index contributed by atoms with van der Waals surface area (Å²) in [5, 5.41) is 0. The number of likely N-dealkylation sites (N-methyl/N-ethyl adjacent to an activating group) is 1. The smallest absolute Gasteiger partial charge is 0.270 e. The molecule has 1 fully saturated rings. The molecule has 1 aliphatic rings. The maximum absolute atomic E-state index is 12.2. The second kappa shape index (κ2) is 4.17. The van der Waals surface area contributed by atoms with Gasteiger partial charge in [0.15, 0.2) is 0 Å². The molecule has 0 radical (unpaired) electrons. The van der Waals surface area contributed by atoms with Crippen molar-refractivity contribution in [2.75, 3.05) is 39.0 Å². The normalized spacial score (nSPS) is 17.8. The van der Waals surface area contributed by atoms with Crippen LogP contribution in [0, 0.1) is 0 Å². The lowest BCUT2D eigenvalue weighted by molar-refractivity contribution is 0.0654. The molecule has 0 aromatic carbocycles. The van der Waals surface area contributed by atoms with Gasteiger partial charge in [0, 0.05) is 39.4 Å². The van der Waals surface area contributed by atoms with Crippen molar-refractivity contribution in [1.29, 1.82) is 0 Å². The van der Waals surface area contributed by atoms with Gasteiger partial charge >= 0.3 is 0 Å². The highest BCUT2D eigenvalue weighted by atomic mass is 16.2. The molecule has 0 atom stereocenters. The van der Waals surface area contributed by atoms with E-state index < -0.39 is 0 Å². The number of piperazine rings is 1. The van der Waals surface area contributed by atoms with Gasteiger partial charge in [-0.15, -0.1) is 0 Å². The number of nitrogens with two attached hydrogens (primary N) is 1. The minimum Gasteiger partial charge on any atom is -0.397 e. The fourth-order valence-electron chi connectivity index (χ4n) is 1.97. The maximum Gasteiger partial charge on any atom is 0.270 e. The summed E-state index contributed by atoms with van der Waals surface area (Å²) >= 11 is 0. The summed E-state index contributed by atoms with van der Waals surface area (Å²) in [5.74, 6) is 0.0762. The van der Waals surface area contributed by atoms with Crippen LogP contribution in [0.25, 0.3) is 0 Å². The van der Waals surface area contributed by atoms with E-state index in [1.54, 1.807) is 16.8 Å². The van der Waals surface area contributed by atoms with Gasteiger partial charge in [0.25, 0.3) is 5.91 Å². The lowest BCUT2D eigenvalue weighted by Crippen LogP contribution is -2.47. The van der Waals surface area contributed by atoms with Crippen molar-refractivity contribution < 1.29 is 4.79 Å². The number of carbonyl (C=O) groups excluding carboxylic acids is 1. The monoisotopic (exact) mass is 222 g/mol. The summed E-state index contributed by atoms with van der Waals surface area (Å²) in [7, 11) is 3.92. The van der Waals surface area contributed by atoms with Crippen molar-refractivity contribution in [2.45, 2.75) is 0 Å². The molecule has 0 unspecified atom stereocenters. The molecule has 0 spiro atoms. The summed E-state index contributed by atoms with van der Waals surface area (Å²) in [5.41, 5.74) is 6.98. The van der Waals surface area contributed by atoms with Crippen LogP contribution in [-0.2, 0) is 7.05 Å². The molecule has 2 rings (SSSR count). The lowest BCUT2D eigenvalue weighted by Gasteiger charge is -2.32. The van der Waals surface area contributed by atoms with Gasteiger partial charge in [-0.05, 0) is 13.1 Å². The van der Waals surface area contributed by atoms with Crippen molar-refractivity contribution in [3.05, 3.63) is 18.0 Å². The van der Waals surface area contributed by atoms with Gasteiger partial charge in [-0.3, -0.25) is 4.79 Å². The van der Waals surface area contributed by atoms with Crippen molar-refractivity contribution >= 4 is 11.6 Å². The number of amides is 1. The van der Waals surface area contributed by atoms with Crippen molar-refractivity contribution in [2.24, 2.45) is 7.05 Å². The van der Waals surface area contributed by atoms with Crippen LogP contribution in [0.3, 0.4) is 0 Å². The number of hydrogen-bond acceptors (Lipinski definition) is 3. The van der Waals surface area contributed by atoms with Crippen LogP contribution in [0.4, 0.5) is 5.69 Å². The zero-order chi connectivity index (χ0) is 11.7. The first-order valence-corrected chi connectivity index (χ1v) is 5.47. The number of hydrogen-bond donors (Lipinski definition) is 1.